The van der Waals surface area contributed by atoms with Crippen LogP contribution in [0.3, 0.4) is 0 Å². The SMILES string of the molecule is CCOC(=O)CC(N)(P(=O)(O)O)P(=O)(O)O. The molecule has 0 amide bonds. The van der Waals surface area contributed by atoms with Gasteiger partial charge in [0.25, 0.3) is 0 Å². The summed E-state index contributed by atoms with van der Waals surface area (Å²) in [7, 11) is -10.7. The van der Waals surface area contributed by atoms with Gasteiger partial charge in [0.05, 0.1) is 13.0 Å². The zero-order valence-corrected chi connectivity index (χ0v) is 10.1. The number of ether oxygens (including phenoxy) is 1. The smallest absolute Gasteiger partial charge is 0.358 e. The van der Waals surface area contributed by atoms with Gasteiger partial charge in [-0.25, -0.2) is 0 Å². The summed E-state index contributed by atoms with van der Waals surface area (Å²) in [6.45, 7) is 1.32. The molecule has 6 N–H and O–H groups in total. The van der Waals surface area contributed by atoms with Gasteiger partial charge in [0.1, 0.15) is 0 Å². The van der Waals surface area contributed by atoms with Crippen molar-refractivity contribution in [2.75, 3.05) is 6.61 Å². The van der Waals surface area contributed by atoms with Crippen LogP contribution in [0.1, 0.15) is 13.3 Å². The maximum atomic E-state index is 11.0. The topological polar surface area (TPSA) is 167 Å². The van der Waals surface area contributed by atoms with Crippen LogP contribution in [-0.4, -0.2) is 37.2 Å². The van der Waals surface area contributed by atoms with E-state index in [-0.39, 0.29) is 6.61 Å². The highest BCUT2D eigenvalue weighted by Gasteiger charge is 2.58. The summed E-state index contributed by atoms with van der Waals surface area (Å²) in [5, 5.41) is -3.24. The molecule has 0 unspecified atom stereocenters. The molecule has 0 aromatic heterocycles. The normalized spacial score (nSPS) is 13.6. The summed E-state index contributed by atoms with van der Waals surface area (Å²) < 4.78 is 26.1. The first-order chi connectivity index (χ1) is 6.95. The molecule has 0 bridgehead atoms. The summed E-state index contributed by atoms with van der Waals surface area (Å²) in [5.74, 6) is -1.20. The van der Waals surface area contributed by atoms with Crippen molar-refractivity contribution in [3.05, 3.63) is 0 Å². The van der Waals surface area contributed by atoms with E-state index in [0.717, 1.165) is 0 Å². The van der Waals surface area contributed by atoms with Crippen LogP contribution < -0.4 is 5.73 Å². The van der Waals surface area contributed by atoms with Crippen molar-refractivity contribution in [1.82, 2.24) is 0 Å². The second kappa shape index (κ2) is 4.93. The van der Waals surface area contributed by atoms with Crippen LogP contribution in [-0.2, 0) is 18.7 Å². The van der Waals surface area contributed by atoms with Crippen molar-refractivity contribution in [2.24, 2.45) is 5.73 Å². The molecule has 0 rings (SSSR count). The third-order valence-electron chi connectivity index (χ3n) is 1.72. The highest BCUT2D eigenvalue weighted by molar-refractivity contribution is 7.72. The molecule has 0 aromatic carbocycles. The molecule has 0 radical (unpaired) electrons. The van der Waals surface area contributed by atoms with Gasteiger partial charge in [0.2, 0.25) is 5.02 Å². The Bertz CT molecular complexity index is 333. The van der Waals surface area contributed by atoms with Crippen LogP contribution in [0.4, 0.5) is 0 Å². The Hall–Kier alpha value is -0.270. The third kappa shape index (κ3) is 3.36. The van der Waals surface area contributed by atoms with E-state index in [1.807, 2.05) is 0 Å². The minimum atomic E-state index is -5.37. The molecule has 16 heavy (non-hydrogen) atoms. The Morgan fingerprint density at radius 3 is 1.88 bits per heavy atom. The predicted molar refractivity (Wildman–Crippen MR) is 52.3 cm³/mol. The Morgan fingerprint density at radius 2 is 1.62 bits per heavy atom. The molecule has 11 heteroatoms. The van der Waals surface area contributed by atoms with E-state index in [1.54, 1.807) is 0 Å². The standard InChI is InChI=1S/C5H13NO8P2/c1-2-14-4(7)3-5(6,15(8,9)10)16(11,12)13/h2-3,6H2,1H3,(H2,8,9,10)(H2,11,12,13). The fourth-order valence-electron chi connectivity index (χ4n) is 0.800. The maximum absolute atomic E-state index is 11.0. The number of hydrogen-bond donors (Lipinski definition) is 5. The Kier molecular flexibility index (Phi) is 4.85. The van der Waals surface area contributed by atoms with Gasteiger partial charge in [-0.15, -0.1) is 0 Å². The van der Waals surface area contributed by atoms with E-state index < -0.39 is 32.6 Å². The largest absolute Gasteiger partial charge is 0.466 e. The quantitative estimate of drug-likeness (QED) is 0.309. The van der Waals surface area contributed by atoms with Crippen LogP contribution in [0.2, 0.25) is 0 Å². The van der Waals surface area contributed by atoms with Crippen LogP contribution in [0.15, 0.2) is 0 Å². The maximum Gasteiger partial charge on any atom is 0.358 e. The summed E-state index contributed by atoms with van der Waals surface area (Å²) in [5.41, 5.74) is 4.96. The lowest BCUT2D eigenvalue weighted by atomic mass is 10.4. The number of carbonyl (C=O) groups excluding carboxylic acids is 1. The van der Waals surface area contributed by atoms with Crippen molar-refractivity contribution < 1.29 is 38.2 Å². The van der Waals surface area contributed by atoms with Gasteiger partial charge < -0.3 is 30.0 Å². The summed E-state index contributed by atoms with van der Waals surface area (Å²) >= 11 is 0. The molecule has 0 aliphatic heterocycles. The molecule has 96 valence electrons. The lowest BCUT2D eigenvalue weighted by molar-refractivity contribution is -0.143. The average molecular weight is 277 g/mol. The molecule has 0 spiro atoms. The highest BCUT2D eigenvalue weighted by Crippen LogP contribution is 2.67. The van der Waals surface area contributed by atoms with Crippen LogP contribution in [0.25, 0.3) is 0 Å². The Morgan fingerprint density at radius 1 is 1.25 bits per heavy atom. The number of nitrogens with two attached hydrogens (primary N) is 1. The zero-order valence-electron chi connectivity index (χ0n) is 8.31. The first-order valence-corrected chi connectivity index (χ1v) is 7.24. The van der Waals surface area contributed by atoms with Gasteiger partial charge in [0.15, 0.2) is 0 Å². The van der Waals surface area contributed by atoms with Crippen molar-refractivity contribution in [3.63, 3.8) is 0 Å². The molecule has 0 heterocycles. The Balaban J connectivity index is 5.23. The molecule has 0 saturated carbocycles. The molecular weight excluding hydrogens is 264 g/mol. The lowest BCUT2D eigenvalue weighted by Gasteiger charge is -2.29. The van der Waals surface area contributed by atoms with E-state index in [4.69, 9.17) is 25.3 Å². The van der Waals surface area contributed by atoms with Gasteiger partial charge in [0, 0.05) is 0 Å². The third-order valence-corrected chi connectivity index (χ3v) is 5.62. The summed E-state index contributed by atoms with van der Waals surface area (Å²) in [6.07, 6.45) is -1.27. The molecule has 0 atom stereocenters. The first-order valence-electron chi connectivity index (χ1n) is 4.01. The van der Waals surface area contributed by atoms with Crippen LogP contribution in [0.5, 0.6) is 0 Å². The molecule has 0 aliphatic rings. The minimum absolute atomic E-state index is 0.1000. The fraction of sp³-hybridized carbons (Fsp3) is 0.800. The van der Waals surface area contributed by atoms with Gasteiger partial charge in [-0.3, -0.25) is 13.9 Å². The van der Waals surface area contributed by atoms with Crippen molar-refractivity contribution in [2.45, 2.75) is 18.4 Å². The second-order valence-electron chi connectivity index (χ2n) is 2.95. The van der Waals surface area contributed by atoms with Crippen molar-refractivity contribution >= 4 is 21.2 Å². The molecular formula is C5H13NO8P2. The van der Waals surface area contributed by atoms with Crippen molar-refractivity contribution in [1.29, 1.82) is 0 Å². The number of carbonyl (C=O) groups is 1. The predicted octanol–water partition coefficient (Wildman–Crippen LogP) is -1.09. The van der Waals surface area contributed by atoms with Crippen LogP contribution >= 0.6 is 15.2 Å². The van der Waals surface area contributed by atoms with E-state index in [1.165, 1.54) is 6.92 Å². The molecule has 0 fully saturated rings. The average Bonchev–Trinajstić information content (AvgIpc) is 1.99. The molecule has 9 nitrogen and oxygen atoms in total. The molecule has 0 saturated heterocycles. The van der Waals surface area contributed by atoms with E-state index in [2.05, 4.69) is 4.74 Å². The van der Waals surface area contributed by atoms with E-state index in [9.17, 15) is 13.9 Å². The first kappa shape index (κ1) is 15.7. The summed E-state index contributed by atoms with van der Waals surface area (Å²) in [6, 6.07) is 0. The van der Waals surface area contributed by atoms with Crippen molar-refractivity contribution in [3.8, 4) is 0 Å². The monoisotopic (exact) mass is 277 g/mol. The highest BCUT2D eigenvalue weighted by atomic mass is 31.2. The lowest BCUT2D eigenvalue weighted by Crippen LogP contribution is -2.41. The van der Waals surface area contributed by atoms with E-state index >= 15 is 0 Å². The minimum Gasteiger partial charge on any atom is -0.466 e. The van der Waals surface area contributed by atoms with Crippen LogP contribution in [0, 0.1) is 0 Å². The fourth-order valence-corrected chi connectivity index (χ4v) is 2.83. The molecule has 0 aromatic rings. The second-order valence-corrected chi connectivity index (χ2v) is 7.07. The van der Waals surface area contributed by atoms with Gasteiger partial charge in [-0.1, -0.05) is 0 Å². The van der Waals surface area contributed by atoms with E-state index in [0.29, 0.717) is 0 Å². The number of hydrogen-bond acceptors (Lipinski definition) is 5. The zero-order chi connectivity index (χ0) is 13.2. The Labute approximate surface area is 90.9 Å². The van der Waals surface area contributed by atoms with Gasteiger partial charge >= 0.3 is 21.2 Å². The number of esters is 1. The molecule has 0 aliphatic carbocycles. The van der Waals surface area contributed by atoms with Gasteiger partial charge in [-0.05, 0) is 6.92 Å². The summed E-state index contributed by atoms with van der Waals surface area (Å²) in [4.78, 5) is 46.1. The van der Waals surface area contributed by atoms with Gasteiger partial charge in [-0.2, -0.15) is 0 Å². The number of rotatable bonds is 5.